The van der Waals surface area contributed by atoms with Crippen molar-refractivity contribution in [1.29, 1.82) is 0 Å². The third-order valence-electron chi connectivity index (χ3n) is 9.39. The van der Waals surface area contributed by atoms with E-state index in [-0.39, 0.29) is 34.1 Å². The third-order valence-corrected chi connectivity index (χ3v) is 9.39. The Hall–Kier alpha value is -7.06. The summed E-state index contributed by atoms with van der Waals surface area (Å²) in [7, 11) is -21.3. The average Bonchev–Trinajstić information content (AvgIpc) is 3.39. The number of nitrogens with zero attached hydrogens (tertiary/aromatic N) is 12. The van der Waals surface area contributed by atoms with Gasteiger partial charge in [-0.1, -0.05) is 48.5 Å². The van der Waals surface area contributed by atoms with E-state index in [0.717, 1.165) is 94.0 Å². The van der Waals surface area contributed by atoms with Crippen LogP contribution in [0.25, 0.3) is 22.8 Å². The normalized spacial score (nSPS) is 13.2. The molecule has 0 fully saturated rings. The van der Waals surface area contributed by atoms with Crippen molar-refractivity contribution in [3.05, 3.63) is 216 Å². The maximum atomic E-state index is 9.87. The average molecular weight is 1260 g/mol. The van der Waals surface area contributed by atoms with E-state index in [1.807, 2.05) is 146 Å². The van der Waals surface area contributed by atoms with Gasteiger partial charge in [0, 0.05) is 124 Å². The van der Waals surface area contributed by atoms with Gasteiger partial charge in [-0.2, -0.15) is 0 Å². The summed E-state index contributed by atoms with van der Waals surface area (Å²) in [5.41, 5.74) is 10.6. The molecule has 0 unspecified atom stereocenters. The van der Waals surface area contributed by atoms with Gasteiger partial charge < -0.3 is 0 Å². The van der Waals surface area contributed by atoms with Crippen LogP contribution < -0.4 is 0 Å². The van der Waals surface area contributed by atoms with E-state index in [9.17, 15) is 50.4 Å². The van der Waals surface area contributed by atoms with E-state index < -0.39 is 15.6 Å². The molecule has 8 aromatic heterocycles. The van der Waals surface area contributed by atoms with Crippen LogP contribution in [0, 0.1) is 0 Å². The molecule has 8 aromatic rings. The van der Waals surface area contributed by atoms with Crippen molar-refractivity contribution in [2.75, 3.05) is 26.2 Å². The van der Waals surface area contributed by atoms with Crippen LogP contribution in [-0.2, 0) is 59.8 Å². The third kappa shape index (κ3) is 34.1. The molecule has 0 N–H and O–H groups in total. The Kier molecular flexibility index (Phi) is 24.7. The van der Waals surface area contributed by atoms with Crippen molar-refractivity contribution in [3.8, 4) is 22.8 Å². The summed E-state index contributed by atoms with van der Waals surface area (Å²) < 4.78 is 118. The van der Waals surface area contributed by atoms with E-state index in [1.165, 1.54) is 0 Å². The molecule has 0 aromatic carbocycles. The van der Waals surface area contributed by atoms with Gasteiger partial charge in [-0.05, 0) is 97.1 Å². The summed E-state index contributed by atoms with van der Waals surface area (Å²) in [4.78, 5) is 54.0. The molecule has 80 heavy (non-hydrogen) atoms. The fourth-order valence-electron chi connectivity index (χ4n) is 6.20. The van der Waals surface area contributed by atoms with Crippen LogP contribution in [0.15, 0.2) is 190 Å². The number of aromatic nitrogens is 8. The molecule has 0 radical (unpaired) electrons. The summed E-state index contributed by atoms with van der Waals surface area (Å²) >= 11 is 0. The monoisotopic (exact) mass is 1260 g/mol. The fourth-order valence-corrected chi connectivity index (χ4v) is 6.20. The summed E-state index contributed by atoms with van der Waals surface area (Å²) in [5, 5.41) is 0. The molecule has 8 heterocycles. The first-order valence-electron chi connectivity index (χ1n) is 23.2. The van der Waals surface area contributed by atoms with Crippen molar-refractivity contribution in [3.63, 3.8) is 0 Å². The first-order chi connectivity index (χ1) is 36.6. The number of hydrogen-bond acceptors (Lipinski definition) is 12. The molecule has 0 saturated carbocycles. The molecule has 0 saturated heterocycles. The number of halogens is 12. The predicted molar refractivity (Wildman–Crippen MR) is 284 cm³/mol. The molecule has 432 valence electrons. The Morgan fingerprint density at radius 1 is 0.287 bits per heavy atom. The zero-order valence-corrected chi connectivity index (χ0v) is 45.2. The van der Waals surface area contributed by atoms with Crippen molar-refractivity contribution in [2.24, 2.45) is 20.0 Å². The maximum Gasteiger partial charge on any atom is 1.00 e. The van der Waals surface area contributed by atoms with Crippen LogP contribution in [0.1, 0.15) is 45.6 Å². The molecule has 0 aliphatic rings. The SMILES string of the molecule is C(=NCCc1ccccn1)c1cccc(-c2cccc(C=NCCc3ccccn3)n2)n1.C(=NCCc1ccccn1)c1cccc(-c2cccc(C=NCCc3ccccn3)n2)n1.F[P-](F)(F)(F)(F)F.F[P-](F)(F)(F)(F)F.[Cu+].[Cu+]. The smallest absolute Gasteiger partial charge is 1.00 e. The number of aliphatic imine (C=N–C) groups is 4. The van der Waals surface area contributed by atoms with E-state index in [2.05, 4.69) is 59.8 Å². The zero-order chi connectivity index (χ0) is 56.5. The standard InChI is InChI=1S/2C26H24N6.2Cu.2F6P/c2*1-3-15-29-21(7-1)13-17-27-19-23-9-5-11-25(31-23)26-12-6-10-24(32-26)20-28-18-14-22-8-2-4-16-30-22;;;2*1-7(2,3,4,5)6/h2*1-12,15-16,19-20H,13-14,17-18H2;;;;/q;;2*+1;2*-1. The molecule has 12 nitrogen and oxygen atoms in total. The summed E-state index contributed by atoms with van der Waals surface area (Å²) in [5.74, 6) is 0. The topological polar surface area (TPSA) is 153 Å². The van der Waals surface area contributed by atoms with E-state index in [1.54, 1.807) is 49.6 Å². The van der Waals surface area contributed by atoms with Crippen LogP contribution >= 0.6 is 15.6 Å². The molecule has 28 heteroatoms. The summed E-state index contributed by atoms with van der Waals surface area (Å²) in [6.45, 7) is 2.69. The summed E-state index contributed by atoms with van der Waals surface area (Å²) in [6.07, 6.45) is 17.6. The minimum absolute atomic E-state index is 0. The van der Waals surface area contributed by atoms with E-state index in [0.29, 0.717) is 26.2 Å². The molecule has 0 spiro atoms. The largest absolute Gasteiger partial charge is 1.00 e. The molecule has 8 rings (SSSR count). The zero-order valence-electron chi connectivity index (χ0n) is 41.5. The Morgan fingerprint density at radius 3 is 0.662 bits per heavy atom. The Morgan fingerprint density at radius 2 is 0.487 bits per heavy atom. The number of pyridine rings is 8. The van der Waals surface area contributed by atoms with Gasteiger partial charge in [0.15, 0.2) is 0 Å². The molecule has 0 atom stereocenters. The molecular weight excluding hydrogens is 1210 g/mol. The van der Waals surface area contributed by atoms with Gasteiger partial charge in [-0.25, -0.2) is 19.9 Å². The van der Waals surface area contributed by atoms with Crippen LogP contribution in [-0.4, -0.2) is 90.9 Å². The van der Waals surface area contributed by atoms with E-state index in [4.69, 9.17) is 0 Å². The number of hydrogen-bond donors (Lipinski definition) is 0. The summed E-state index contributed by atoms with van der Waals surface area (Å²) in [6, 6.07) is 47.1. The quantitative estimate of drug-likeness (QED) is 0.0356. The predicted octanol–water partition coefficient (Wildman–Crippen LogP) is 15.3. The molecule has 0 aliphatic heterocycles. The van der Waals surface area contributed by atoms with Crippen LogP contribution in [0.2, 0.25) is 0 Å². The van der Waals surface area contributed by atoms with Gasteiger partial charge in [0.2, 0.25) is 0 Å². The van der Waals surface area contributed by atoms with E-state index >= 15 is 0 Å². The van der Waals surface area contributed by atoms with Gasteiger partial charge in [0.25, 0.3) is 0 Å². The minimum atomic E-state index is -10.7. The van der Waals surface area contributed by atoms with Gasteiger partial charge in [-0.3, -0.25) is 39.9 Å². The van der Waals surface area contributed by atoms with Crippen molar-refractivity contribution < 1.29 is 84.5 Å². The van der Waals surface area contributed by atoms with Gasteiger partial charge >= 0.3 is 100 Å². The van der Waals surface area contributed by atoms with Crippen molar-refractivity contribution >= 4 is 40.5 Å². The Labute approximate surface area is 473 Å². The fraction of sp³-hybridized carbons (Fsp3) is 0.154. The Bertz CT molecular complexity index is 2820. The van der Waals surface area contributed by atoms with Crippen LogP contribution in [0.5, 0.6) is 0 Å². The van der Waals surface area contributed by atoms with Gasteiger partial charge in [0.1, 0.15) is 0 Å². The van der Waals surface area contributed by atoms with Crippen molar-refractivity contribution in [1.82, 2.24) is 39.9 Å². The second-order valence-corrected chi connectivity index (χ2v) is 20.0. The van der Waals surface area contributed by atoms with Gasteiger partial charge in [0.05, 0.1) is 45.6 Å². The first-order valence-corrected chi connectivity index (χ1v) is 27.3. The molecule has 0 bridgehead atoms. The van der Waals surface area contributed by atoms with Crippen molar-refractivity contribution in [2.45, 2.75) is 25.7 Å². The van der Waals surface area contributed by atoms with Crippen LogP contribution in [0.3, 0.4) is 0 Å². The first kappa shape index (κ1) is 67.2. The molecule has 0 aliphatic carbocycles. The number of rotatable bonds is 18. The van der Waals surface area contributed by atoms with Gasteiger partial charge in [-0.15, -0.1) is 0 Å². The minimum Gasteiger partial charge on any atom is 1.00 e. The Balaban J connectivity index is 0.000000333. The second-order valence-electron chi connectivity index (χ2n) is 16.1. The molecular formula is C52H48Cu2F12N12P2. The van der Waals surface area contributed by atoms with Crippen LogP contribution in [0.4, 0.5) is 50.4 Å². The maximum absolute atomic E-state index is 10.7. The second kappa shape index (κ2) is 29.4. The molecule has 0 amide bonds.